The summed E-state index contributed by atoms with van der Waals surface area (Å²) >= 11 is 0. The summed E-state index contributed by atoms with van der Waals surface area (Å²) in [7, 11) is 1.54. The van der Waals surface area contributed by atoms with Gasteiger partial charge in [-0.1, -0.05) is 42.5 Å². The van der Waals surface area contributed by atoms with E-state index in [0.717, 1.165) is 44.5 Å². The zero-order chi connectivity index (χ0) is 19.8. The van der Waals surface area contributed by atoms with Crippen molar-refractivity contribution >= 4 is 5.91 Å². The van der Waals surface area contributed by atoms with Crippen LogP contribution in [0, 0.1) is 5.82 Å². The van der Waals surface area contributed by atoms with Gasteiger partial charge in [-0.2, -0.15) is 0 Å². The molecule has 0 radical (unpaired) electrons. The second-order valence-electron chi connectivity index (χ2n) is 7.39. The van der Waals surface area contributed by atoms with Crippen LogP contribution in [-0.2, 0) is 22.5 Å². The van der Waals surface area contributed by atoms with E-state index in [4.69, 9.17) is 4.74 Å². The first-order chi connectivity index (χ1) is 13.7. The minimum atomic E-state index is -0.259. The number of carbonyl (C=O) groups is 1. The topological polar surface area (TPSA) is 32.8 Å². The quantitative estimate of drug-likeness (QED) is 0.698. The van der Waals surface area contributed by atoms with Gasteiger partial charge in [-0.3, -0.25) is 4.79 Å². The van der Waals surface area contributed by atoms with Crippen molar-refractivity contribution in [1.29, 1.82) is 0 Å². The summed E-state index contributed by atoms with van der Waals surface area (Å²) < 4.78 is 18.3. The maximum atomic E-state index is 13.2. The third kappa shape index (κ3) is 5.88. The Hall–Kier alpha value is -2.24. The molecule has 1 heterocycles. The van der Waals surface area contributed by atoms with Crippen LogP contribution in [0.25, 0.3) is 0 Å². The molecule has 1 amide bonds. The number of ether oxygens (including phenoxy) is 1. The molecule has 1 saturated heterocycles. The van der Waals surface area contributed by atoms with Crippen LogP contribution < -0.4 is 0 Å². The van der Waals surface area contributed by atoms with E-state index in [1.807, 2.05) is 11.0 Å². The number of piperidine rings is 1. The molecule has 0 bridgehead atoms. The molecule has 0 N–H and O–H groups in total. The Morgan fingerprint density at radius 1 is 1.07 bits per heavy atom. The first-order valence-corrected chi connectivity index (χ1v) is 9.95. The van der Waals surface area contributed by atoms with E-state index >= 15 is 0 Å². The highest BCUT2D eigenvalue weighted by molar-refractivity contribution is 5.77. The molecular weight excluding hydrogens is 355 g/mol. The SMILES string of the molecule is COCC(=O)N(Cc1ccc(F)cc1)C1CCN(CCc2ccccc2)CC1. The second-order valence-corrected chi connectivity index (χ2v) is 7.39. The van der Waals surface area contributed by atoms with Gasteiger partial charge in [-0.25, -0.2) is 4.39 Å². The smallest absolute Gasteiger partial charge is 0.249 e. The first kappa shape index (κ1) is 20.5. The lowest BCUT2D eigenvalue weighted by atomic mass is 10.0. The zero-order valence-electron chi connectivity index (χ0n) is 16.5. The predicted molar refractivity (Wildman–Crippen MR) is 108 cm³/mol. The van der Waals surface area contributed by atoms with E-state index < -0.39 is 0 Å². The van der Waals surface area contributed by atoms with E-state index in [1.54, 1.807) is 19.2 Å². The number of benzene rings is 2. The summed E-state index contributed by atoms with van der Waals surface area (Å²) in [6.07, 6.45) is 2.95. The van der Waals surface area contributed by atoms with Crippen molar-refractivity contribution in [3.8, 4) is 0 Å². The molecule has 2 aromatic rings. The molecule has 2 aromatic carbocycles. The number of methoxy groups -OCH3 is 1. The fourth-order valence-electron chi connectivity index (χ4n) is 3.80. The molecule has 3 rings (SSSR count). The molecule has 28 heavy (non-hydrogen) atoms. The Bertz CT molecular complexity index is 728. The van der Waals surface area contributed by atoms with Crippen LogP contribution in [0.2, 0.25) is 0 Å². The highest BCUT2D eigenvalue weighted by Crippen LogP contribution is 2.20. The summed E-state index contributed by atoms with van der Waals surface area (Å²) in [5.41, 5.74) is 2.30. The number of hydrogen-bond acceptors (Lipinski definition) is 3. The molecular formula is C23H29FN2O2. The third-order valence-corrected chi connectivity index (χ3v) is 5.41. The fraction of sp³-hybridized carbons (Fsp3) is 0.435. The van der Waals surface area contributed by atoms with Crippen LogP contribution >= 0.6 is 0 Å². The monoisotopic (exact) mass is 384 g/mol. The van der Waals surface area contributed by atoms with Crippen molar-refractivity contribution in [3.05, 3.63) is 71.5 Å². The summed E-state index contributed by atoms with van der Waals surface area (Å²) in [5, 5.41) is 0. The van der Waals surface area contributed by atoms with E-state index in [2.05, 4.69) is 29.2 Å². The predicted octanol–water partition coefficient (Wildman–Crippen LogP) is 3.51. The number of likely N-dealkylation sites (tertiary alicyclic amines) is 1. The molecule has 1 fully saturated rings. The van der Waals surface area contributed by atoms with E-state index in [-0.39, 0.29) is 24.4 Å². The highest BCUT2D eigenvalue weighted by Gasteiger charge is 2.27. The molecule has 0 unspecified atom stereocenters. The van der Waals surface area contributed by atoms with Crippen LogP contribution in [-0.4, -0.2) is 55.1 Å². The van der Waals surface area contributed by atoms with Crippen molar-refractivity contribution in [2.24, 2.45) is 0 Å². The lowest BCUT2D eigenvalue weighted by Crippen LogP contribution is -2.48. The molecule has 0 aliphatic carbocycles. The minimum Gasteiger partial charge on any atom is -0.375 e. The van der Waals surface area contributed by atoms with Gasteiger partial charge in [-0.15, -0.1) is 0 Å². The van der Waals surface area contributed by atoms with E-state index in [1.165, 1.54) is 17.7 Å². The molecule has 150 valence electrons. The van der Waals surface area contributed by atoms with Crippen LogP contribution in [0.5, 0.6) is 0 Å². The van der Waals surface area contributed by atoms with E-state index in [9.17, 15) is 9.18 Å². The van der Waals surface area contributed by atoms with Gasteiger partial charge >= 0.3 is 0 Å². The van der Waals surface area contributed by atoms with Gasteiger partial charge in [0.15, 0.2) is 0 Å². The molecule has 4 nitrogen and oxygen atoms in total. The summed E-state index contributed by atoms with van der Waals surface area (Å²) in [6, 6.07) is 17.1. The molecule has 0 saturated carbocycles. The molecule has 5 heteroatoms. The van der Waals surface area contributed by atoms with Gasteiger partial charge in [0.25, 0.3) is 0 Å². The average Bonchev–Trinajstić information content (AvgIpc) is 2.73. The minimum absolute atomic E-state index is 0.00504. The summed E-state index contributed by atoms with van der Waals surface area (Å²) in [4.78, 5) is 17.0. The Kier molecular flexibility index (Phi) is 7.57. The van der Waals surface area contributed by atoms with Crippen LogP contribution in [0.4, 0.5) is 4.39 Å². The van der Waals surface area contributed by atoms with E-state index in [0.29, 0.717) is 6.54 Å². The van der Waals surface area contributed by atoms with Gasteiger partial charge in [0.05, 0.1) is 0 Å². The largest absolute Gasteiger partial charge is 0.375 e. The van der Waals surface area contributed by atoms with Crippen LogP contribution in [0.15, 0.2) is 54.6 Å². The fourth-order valence-corrected chi connectivity index (χ4v) is 3.80. The van der Waals surface area contributed by atoms with Gasteiger partial charge in [0.2, 0.25) is 5.91 Å². The molecule has 1 aliphatic rings. The van der Waals surface area contributed by atoms with Crippen molar-refractivity contribution in [2.45, 2.75) is 31.8 Å². The maximum absolute atomic E-state index is 13.2. The van der Waals surface area contributed by atoms with Gasteiger partial charge in [-0.05, 0) is 42.5 Å². The number of rotatable bonds is 8. The van der Waals surface area contributed by atoms with Crippen molar-refractivity contribution in [2.75, 3.05) is 33.4 Å². The lowest BCUT2D eigenvalue weighted by molar-refractivity contribution is -0.139. The highest BCUT2D eigenvalue weighted by atomic mass is 19.1. The average molecular weight is 384 g/mol. The third-order valence-electron chi connectivity index (χ3n) is 5.41. The summed E-state index contributed by atoms with van der Waals surface area (Å²) in [6.45, 7) is 3.59. The van der Waals surface area contributed by atoms with Gasteiger partial charge < -0.3 is 14.5 Å². The summed E-state index contributed by atoms with van der Waals surface area (Å²) in [5.74, 6) is -0.264. The Balaban J connectivity index is 1.55. The van der Waals surface area contributed by atoms with Crippen molar-refractivity contribution in [3.63, 3.8) is 0 Å². The normalized spacial score (nSPS) is 15.5. The number of amides is 1. The molecule has 0 atom stereocenters. The molecule has 1 aliphatic heterocycles. The van der Waals surface area contributed by atoms with Gasteiger partial charge in [0, 0.05) is 39.3 Å². The Labute approximate surface area is 166 Å². The number of nitrogens with zero attached hydrogens (tertiary/aromatic N) is 2. The first-order valence-electron chi connectivity index (χ1n) is 9.95. The number of carbonyl (C=O) groups excluding carboxylic acids is 1. The Morgan fingerprint density at radius 3 is 2.39 bits per heavy atom. The Morgan fingerprint density at radius 2 is 1.75 bits per heavy atom. The van der Waals surface area contributed by atoms with Crippen LogP contribution in [0.3, 0.4) is 0 Å². The zero-order valence-corrected chi connectivity index (χ0v) is 16.5. The second kappa shape index (κ2) is 10.3. The lowest BCUT2D eigenvalue weighted by Gasteiger charge is -2.38. The van der Waals surface area contributed by atoms with Crippen molar-refractivity contribution in [1.82, 2.24) is 9.80 Å². The van der Waals surface area contributed by atoms with Gasteiger partial charge in [0.1, 0.15) is 12.4 Å². The van der Waals surface area contributed by atoms with Crippen LogP contribution in [0.1, 0.15) is 24.0 Å². The van der Waals surface area contributed by atoms with Crippen molar-refractivity contribution < 1.29 is 13.9 Å². The molecule has 0 spiro atoms. The maximum Gasteiger partial charge on any atom is 0.249 e. The standard InChI is InChI=1S/C23H29FN2O2/c1-28-18-23(27)26(17-20-7-9-21(24)10-8-20)22-12-15-25(16-13-22)14-11-19-5-3-2-4-6-19/h2-10,22H,11-18H2,1H3. The number of hydrogen-bond donors (Lipinski definition) is 0. The number of halogens is 1. The molecule has 0 aromatic heterocycles.